The highest BCUT2D eigenvalue weighted by Crippen LogP contribution is 2.38. The van der Waals surface area contributed by atoms with E-state index in [2.05, 4.69) is 36.8 Å². The Balaban J connectivity index is 1.71. The zero-order chi connectivity index (χ0) is 17.2. The van der Waals surface area contributed by atoms with Gasteiger partial charge in [0.2, 0.25) is 0 Å². The van der Waals surface area contributed by atoms with Gasteiger partial charge >= 0.3 is 0 Å². The normalized spacial score (nSPS) is 24.3. The summed E-state index contributed by atoms with van der Waals surface area (Å²) < 4.78 is 30.0. The van der Waals surface area contributed by atoms with Crippen LogP contribution in [-0.2, 0) is 10.0 Å². The second kappa shape index (κ2) is 8.48. The number of rotatable bonds is 5. The van der Waals surface area contributed by atoms with E-state index < -0.39 is 10.0 Å². The Morgan fingerprint density at radius 1 is 1.08 bits per heavy atom. The maximum atomic E-state index is 13.1. The van der Waals surface area contributed by atoms with Crippen molar-refractivity contribution in [3.63, 3.8) is 0 Å². The fourth-order valence-electron chi connectivity index (χ4n) is 3.66. The van der Waals surface area contributed by atoms with Crippen LogP contribution in [0.15, 0.2) is 18.5 Å². The molecule has 0 aliphatic carbocycles. The van der Waals surface area contributed by atoms with Gasteiger partial charge in [-0.1, -0.05) is 12.8 Å². The van der Waals surface area contributed by atoms with Gasteiger partial charge in [-0.3, -0.25) is 0 Å². The molecule has 3 rings (SSSR count). The topological polar surface area (TPSA) is 40.6 Å². The van der Waals surface area contributed by atoms with Crippen LogP contribution in [0.3, 0.4) is 0 Å². The van der Waals surface area contributed by atoms with E-state index in [1.165, 1.54) is 43.7 Å². The molecule has 1 atom stereocenters. The van der Waals surface area contributed by atoms with Gasteiger partial charge in [0.05, 0.1) is 3.79 Å². The number of hydrogen-bond donors (Lipinski definition) is 0. The predicted molar refractivity (Wildman–Crippen MR) is 106 cm³/mol. The zero-order valence-electron chi connectivity index (χ0n) is 13.7. The SMILES string of the molecule is O=S(=O)(c1cc(Br)c(Br)s1)N1CCCCC1CCN1CCCCC1. The standard InChI is InChI=1S/C16H24Br2N2O2S2/c17-14-12-15(23-16(14)18)24(21,22)20-10-5-2-6-13(20)7-11-19-8-3-1-4-9-19/h12-13H,1-11H2. The molecule has 24 heavy (non-hydrogen) atoms. The van der Waals surface area contributed by atoms with Crippen molar-refractivity contribution in [3.8, 4) is 0 Å². The van der Waals surface area contributed by atoms with E-state index in [0.717, 1.165) is 40.5 Å². The van der Waals surface area contributed by atoms with Gasteiger partial charge in [0.1, 0.15) is 4.21 Å². The molecular formula is C16H24Br2N2O2S2. The number of piperidine rings is 2. The number of nitrogens with zero attached hydrogens (tertiary/aromatic N) is 2. The minimum absolute atomic E-state index is 0.144. The molecule has 0 amide bonds. The molecule has 1 aromatic rings. The first-order valence-corrected chi connectivity index (χ1v) is 12.5. The quantitative estimate of drug-likeness (QED) is 0.589. The molecule has 0 saturated carbocycles. The fraction of sp³-hybridized carbons (Fsp3) is 0.750. The summed E-state index contributed by atoms with van der Waals surface area (Å²) >= 11 is 8.11. The fourth-order valence-corrected chi connectivity index (χ4v) is 8.34. The molecule has 8 heteroatoms. The average Bonchev–Trinajstić information content (AvgIpc) is 2.94. The third-order valence-corrected chi connectivity index (χ3v) is 10.6. The summed E-state index contributed by atoms with van der Waals surface area (Å²) in [6.45, 7) is 4.02. The van der Waals surface area contributed by atoms with Gasteiger partial charge in [-0.25, -0.2) is 8.42 Å². The summed E-state index contributed by atoms with van der Waals surface area (Å²) in [5.41, 5.74) is 0. The predicted octanol–water partition coefficient (Wildman–Crippen LogP) is 4.69. The number of halogens is 2. The highest BCUT2D eigenvalue weighted by molar-refractivity contribution is 9.13. The monoisotopic (exact) mass is 498 g/mol. The van der Waals surface area contributed by atoms with E-state index in [1.807, 2.05) is 0 Å². The smallest absolute Gasteiger partial charge is 0.252 e. The van der Waals surface area contributed by atoms with Crippen LogP contribution < -0.4 is 0 Å². The summed E-state index contributed by atoms with van der Waals surface area (Å²) in [5.74, 6) is 0. The molecule has 136 valence electrons. The molecule has 3 heterocycles. The zero-order valence-corrected chi connectivity index (χ0v) is 18.5. The van der Waals surface area contributed by atoms with Crippen molar-refractivity contribution < 1.29 is 8.42 Å². The summed E-state index contributed by atoms with van der Waals surface area (Å²) in [5, 5.41) is 0. The second-order valence-corrected chi connectivity index (χ2v) is 12.0. The van der Waals surface area contributed by atoms with Crippen LogP contribution in [0, 0.1) is 0 Å². The maximum Gasteiger partial charge on any atom is 0.252 e. The van der Waals surface area contributed by atoms with E-state index in [9.17, 15) is 8.42 Å². The first-order valence-electron chi connectivity index (χ1n) is 8.67. The van der Waals surface area contributed by atoms with Gasteiger partial charge in [0.15, 0.2) is 0 Å². The van der Waals surface area contributed by atoms with Crippen LogP contribution in [0.2, 0.25) is 0 Å². The lowest BCUT2D eigenvalue weighted by Gasteiger charge is -2.36. The largest absolute Gasteiger partial charge is 0.303 e. The van der Waals surface area contributed by atoms with Gasteiger partial charge in [0.25, 0.3) is 10.0 Å². The Morgan fingerprint density at radius 3 is 2.46 bits per heavy atom. The van der Waals surface area contributed by atoms with Crippen molar-refractivity contribution in [2.75, 3.05) is 26.2 Å². The van der Waals surface area contributed by atoms with Gasteiger partial charge in [0, 0.05) is 17.1 Å². The molecule has 0 spiro atoms. The van der Waals surface area contributed by atoms with E-state index >= 15 is 0 Å². The van der Waals surface area contributed by atoms with Crippen LogP contribution in [0.5, 0.6) is 0 Å². The van der Waals surface area contributed by atoms with E-state index in [4.69, 9.17) is 0 Å². The molecule has 0 N–H and O–H groups in total. The molecule has 0 bridgehead atoms. The summed E-state index contributed by atoms with van der Waals surface area (Å²) in [4.78, 5) is 2.50. The van der Waals surface area contributed by atoms with Crippen LogP contribution in [0.25, 0.3) is 0 Å². The van der Waals surface area contributed by atoms with Crippen molar-refractivity contribution >= 4 is 53.2 Å². The van der Waals surface area contributed by atoms with Crippen molar-refractivity contribution in [1.82, 2.24) is 9.21 Å². The van der Waals surface area contributed by atoms with Gasteiger partial charge in [-0.2, -0.15) is 4.31 Å². The molecular weight excluding hydrogens is 476 g/mol. The van der Waals surface area contributed by atoms with E-state index in [0.29, 0.717) is 10.8 Å². The molecule has 2 fully saturated rings. The Kier molecular flexibility index (Phi) is 6.82. The molecule has 1 unspecified atom stereocenters. The molecule has 0 aromatic carbocycles. The van der Waals surface area contributed by atoms with E-state index in [1.54, 1.807) is 10.4 Å². The van der Waals surface area contributed by atoms with Crippen molar-refractivity contribution in [2.45, 2.75) is 55.2 Å². The Bertz CT molecular complexity index is 638. The number of thiophene rings is 1. The Morgan fingerprint density at radius 2 is 1.79 bits per heavy atom. The molecule has 0 radical (unpaired) electrons. The highest BCUT2D eigenvalue weighted by atomic mass is 79.9. The van der Waals surface area contributed by atoms with E-state index in [-0.39, 0.29) is 6.04 Å². The first kappa shape index (κ1) is 19.3. The lowest BCUT2D eigenvalue weighted by molar-refractivity contribution is 0.181. The lowest BCUT2D eigenvalue weighted by Crippen LogP contribution is -2.45. The third kappa shape index (κ3) is 4.43. The number of sulfonamides is 1. The Hall–Kier alpha value is 0.530. The number of hydrogen-bond acceptors (Lipinski definition) is 4. The molecule has 2 aliphatic heterocycles. The minimum atomic E-state index is -3.39. The number of likely N-dealkylation sites (tertiary alicyclic amines) is 1. The average molecular weight is 500 g/mol. The van der Waals surface area contributed by atoms with Crippen molar-refractivity contribution in [2.24, 2.45) is 0 Å². The van der Waals surface area contributed by atoms with Crippen LogP contribution in [0.1, 0.15) is 44.9 Å². The molecule has 4 nitrogen and oxygen atoms in total. The van der Waals surface area contributed by atoms with Gasteiger partial charge < -0.3 is 4.90 Å². The first-order chi connectivity index (χ1) is 11.5. The van der Waals surface area contributed by atoms with Crippen molar-refractivity contribution in [1.29, 1.82) is 0 Å². The Labute approximate surface area is 165 Å². The maximum absolute atomic E-state index is 13.1. The lowest BCUT2D eigenvalue weighted by atomic mass is 10.0. The highest BCUT2D eigenvalue weighted by Gasteiger charge is 2.35. The van der Waals surface area contributed by atoms with Crippen molar-refractivity contribution in [3.05, 3.63) is 14.3 Å². The molecule has 1 aromatic heterocycles. The molecule has 2 saturated heterocycles. The molecule has 2 aliphatic rings. The summed E-state index contributed by atoms with van der Waals surface area (Å²) in [6.07, 6.45) is 7.94. The van der Waals surface area contributed by atoms with Crippen LogP contribution in [0.4, 0.5) is 0 Å². The summed E-state index contributed by atoms with van der Waals surface area (Å²) in [6, 6.07) is 1.87. The van der Waals surface area contributed by atoms with Gasteiger partial charge in [-0.05, 0) is 89.7 Å². The minimum Gasteiger partial charge on any atom is -0.303 e. The third-order valence-electron chi connectivity index (χ3n) is 4.99. The van der Waals surface area contributed by atoms with Crippen LogP contribution >= 0.6 is 43.2 Å². The van der Waals surface area contributed by atoms with Crippen LogP contribution in [-0.4, -0.2) is 49.8 Å². The second-order valence-electron chi connectivity index (χ2n) is 6.64. The summed E-state index contributed by atoms with van der Waals surface area (Å²) in [7, 11) is -3.39. The van der Waals surface area contributed by atoms with Gasteiger partial charge in [-0.15, -0.1) is 11.3 Å².